The highest BCUT2D eigenvalue weighted by molar-refractivity contribution is 7.80. The van der Waals surface area contributed by atoms with Gasteiger partial charge in [0, 0.05) is 5.69 Å². The number of hydrogen-bond donors (Lipinski definition) is 1. The van der Waals surface area contributed by atoms with Crippen molar-refractivity contribution in [1.82, 2.24) is 0 Å². The van der Waals surface area contributed by atoms with Gasteiger partial charge in [-0.1, -0.05) is 12.1 Å². The SMILES string of the molecule is [C-]#[N+]c1ccc(NC(=S)OC(C)(C)C)cc1. The molecule has 0 aliphatic carbocycles. The lowest BCUT2D eigenvalue weighted by Gasteiger charge is -2.21. The van der Waals surface area contributed by atoms with Crippen LogP contribution in [0.4, 0.5) is 11.4 Å². The highest BCUT2D eigenvalue weighted by Gasteiger charge is 2.13. The fraction of sp³-hybridized carbons (Fsp3) is 0.333. The Balaban J connectivity index is 2.61. The van der Waals surface area contributed by atoms with Gasteiger partial charge in [0.25, 0.3) is 5.17 Å². The summed E-state index contributed by atoms with van der Waals surface area (Å²) in [4.78, 5) is 3.31. The maximum absolute atomic E-state index is 6.83. The van der Waals surface area contributed by atoms with Gasteiger partial charge in [0.05, 0.1) is 6.57 Å². The second-order valence-electron chi connectivity index (χ2n) is 4.29. The number of nitrogens with one attached hydrogen (secondary N) is 1. The van der Waals surface area contributed by atoms with Crippen molar-refractivity contribution in [2.24, 2.45) is 0 Å². The van der Waals surface area contributed by atoms with Crippen LogP contribution in [0.2, 0.25) is 0 Å². The van der Waals surface area contributed by atoms with Gasteiger partial charge in [-0.2, -0.15) is 0 Å². The fourth-order valence-electron chi connectivity index (χ4n) is 1.04. The van der Waals surface area contributed by atoms with E-state index in [2.05, 4.69) is 10.2 Å². The zero-order chi connectivity index (χ0) is 12.2. The van der Waals surface area contributed by atoms with Crippen LogP contribution in [0.5, 0.6) is 0 Å². The Morgan fingerprint density at radius 2 is 1.88 bits per heavy atom. The molecule has 0 saturated carbocycles. The van der Waals surface area contributed by atoms with Crippen LogP contribution in [0.3, 0.4) is 0 Å². The molecule has 0 radical (unpaired) electrons. The van der Waals surface area contributed by atoms with Crippen LogP contribution in [0, 0.1) is 6.57 Å². The number of nitrogens with zero attached hydrogens (tertiary/aromatic N) is 1. The molecule has 0 fully saturated rings. The lowest BCUT2D eigenvalue weighted by molar-refractivity contribution is 0.121. The molecule has 1 aromatic carbocycles. The first kappa shape index (κ1) is 12.5. The van der Waals surface area contributed by atoms with Gasteiger partial charge < -0.3 is 10.1 Å². The van der Waals surface area contributed by atoms with Crippen molar-refractivity contribution >= 4 is 28.8 Å². The zero-order valence-electron chi connectivity index (χ0n) is 9.57. The average Bonchev–Trinajstić information content (AvgIpc) is 2.16. The van der Waals surface area contributed by atoms with Crippen molar-refractivity contribution in [3.05, 3.63) is 35.7 Å². The smallest absolute Gasteiger partial charge is 0.261 e. The predicted octanol–water partition coefficient (Wildman–Crippen LogP) is 3.75. The Bertz CT molecular complexity index is 412. The first-order valence-corrected chi connectivity index (χ1v) is 5.29. The van der Waals surface area contributed by atoms with Crippen LogP contribution in [0.1, 0.15) is 20.8 Å². The highest BCUT2D eigenvalue weighted by Crippen LogP contribution is 2.17. The summed E-state index contributed by atoms with van der Waals surface area (Å²) in [6.07, 6.45) is 0. The fourth-order valence-corrected chi connectivity index (χ4v) is 1.41. The lowest BCUT2D eigenvalue weighted by Crippen LogP contribution is -2.26. The van der Waals surface area contributed by atoms with Gasteiger partial charge >= 0.3 is 0 Å². The molecule has 0 saturated heterocycles. The van der Waals surface area contributed by atoms with Crippen molar-refractivity contribution in [3.63, 3.8) is 0 Å². The van der Waals surface area contributed by atoms with Gasteiger partial charge in [-0.05, 0) is 45.1 Å². The van der Waals surface area contributed by atoms with E-state index in [1.54, 1.807) is 24.3 Å². The van der Waals surface area contributed by atoms with Crippen molar-refractivity contribution < 1.29 is 4.74 Å². The van der Waals surface area contributed by atoms with E-state index in [1.165, 1.54) is 0 Å². The molecule has 0 bridgehead atoms. The van der Waals surface area contributed by atoms with Crippen LogP contribution in [-0.4, -0.2) is 10.8 Å². The quantitative estimate of drug-likeness (QED) is 0.592. The molecule has 0 atom stereocenters. The van der Waals surface area contributed by atoms with E-state index in [1.807, 2.05) is 20.8 Å². The minimum absolute atomic E-state index is 0.305. The normalized spacial score (nSPS) is 10.4. The Kier molecular flexibility index (Phi) is 3.86. The second-order valence-corrected chi connectivity index (χ2v) is 4.66. The molecule has 0 aliphatic heterocycles. The number of rotatable bonds is 1. The van der Waals surface area contributed by atoms with Crippen LogP contribution in [-0.2, 0) is 4.74 Å². The van der Waals surface area contributed by atoms with E-state index < -0.39 is 0 Å². The number of benzene rings is 1. The lowest BCUT2D eigenvalue weighted by atomic mass is 10.2. The number of hydrogen-bond acceptors (Lipinski definition) is 2. The minimum Gasteiger partial charge on any atom is -0.465 e. The van der Waals surface area contributed by atoms with Crippen LogP contribution >= 0.6 is 12.2 Å². The monoisotopic (exact) mass is 234 g/mol. The number of thiocarbonyl (C=S) groups is 1. The molecule has 3 nitrogen and oxygen atoms in total. The standard InChI is InChI=1S/C12H14N2OS/c1-12(2,3)15-11(16)14-10-7-5-9(13-4)6-8-10/h5-8H,1-3H3,(H,14,16). The van der Waals surface area contributed by atoms with Crippen LogP contribution in [0.15, 0.2) is 24.3 Å². The van der Waals surface area contributed by atoms with Crippen molar-refractivity contribution in [2.75, 3.05) is 5.32 Å². The summed E-state index contributed by atoms with van der Waals surface area (Å²) in [5.41, 5.74) is 1.12. The molecule has 0 unspecified atom stereocenters. The van der Waals surface area contributed by atoms with Gasteiger partial charge in [0.1, 0.15) is 5.60 Å². The Morgan fingerprint density at radius 3 is 2.31 bits per heavy atom. The molecule has 0 aliphatic rings. The van der Waals surface area contributed by atoms with Crippen molar-refractivity contribution in [3.8, 4) is 0 Å². The summed E-state index contributed by atoms with van der Waals surface area (Å²) in [6.45, 7) is 12.6. The van der Waals surface area contributed by atoms with Gasteiger partial charge in [-0.25, -0.2) is 4.85 Å². The second kappa shape index (κ2) is 4.95. The summed E-state index contributed by atoms with van der Waals surface area (Å²) in [5.74, 6) is 0. The molecule has 1 N–H and O–H groups in total. The third-order valence-corrected chi connectivity index (χ3v) is 1.83. The highest BCUT2D eigenvalue weighted by atomic mass is 32.1. The van der Waals surface area contributed by atoms with Gasteiger partial charge in [-0.3, -0.25) is 0 Å². The van der Waals surface area contributed by atoms with Gasteiger partial charge in [0.15, 0.2) is 5.69 Å². The molecule has 0 spiro atoms. The largest absolute Gasteiger partial charge is 0.465 e. The van der Waals surface area contributed by atoms with Crippen molar-refractivity contribution in [2.45, 2.75) is 26.4 Å². The van der Waals surface area contributed by atoms with E-state index in [4.69, 9.17) is 23.5 Å². The third kappa shape index (κ3) is 4.28. The van der Waals surface area contributed by atoms with Crippen LogP contribution in [0.25, 0.3) is 4.85 Å². The average molecular weight is 234 g/mol. The predicted molar refractivity (Wildman–Crippen MR) is 69.8 cm³/mol. The van der Waals surface area contributed by atoms with Crippen LogP contribution < -0.4 is 5.32 Å². The third-order valence-electron chi connectivity index (χ3n) is 1.64. The van der Waals surface area contributed by atoms with E-state index >= 15 is 0 Å². The maximum Gasteiger partial charge on any atom is 0.261 e. The summed E-state index contributed by atoms with van der Waals surface area (Å²) >= 11 is 5.05. The summed E-state index contributed by atoms with van der Waals surface area (Å²) in [7, 11) is 0. The molecule has 84 valence electrons. The summed E-state index contributed by atoms with van der Waals surface area (Å²) in [6, 6.07) is 7.06. The number of anilines is 1. The van der Waals surface area contributed by atoms with Crippen molar-refractivity contribution in [1.29, 1.82) is 0 Å². The first-order valence-electron chi connectivity index (χ1n) is 4.88. The Hall–Kier alpha value is -1.60. The van der Waals surface area contributed by atoms with E-state index in [0.29, 0.717) is 10.9 Å². The van der Waals surface area contributed by atoms with Gasteiger partial charge in [-0.15, -0.1) is 0 Å². The minimum atomic E-state index is -0.305. The zero-order valence-corrected chi connectivity index (χ0v) is 10.4. The summed E-state index contributed by atoms with van der Waals surface area (Å²) < 4.78 is 5.46. The number of ether oxygens (including phenoxy) is 1. The first-order chi connectivity index (χ1) is 7.40. The molecule has 4 heteroatoms. The van der Waals surface area contributed by atoms with E-state index in [0.717, 1.165) is 5.69 Å². The molecule has 1 aromatic rings. The molecule has 0 aromatic heterocycles. The Morgan fingerprint density at radius 1 is 1.31 bits per heavy atom. The van der Waals surface area contributed by atoms with E-state index in [-0.39, 0.29) is 5.60 Å². The molecule has 0 amide bonds. The maximum atomic E-state index is 6.83. The van der Waals surface area contributed by atoms with E-state index in [9.17, 15) is 0 Å². The molecule has 1 rings (SSSR count). The topological polar surface area (TPSA) is 25.6 Å². The summed E-state index contributed by atoms with van der Waals surface area (Å²) in [5, 5.41) is 3.29. The van der Waals surface area contributed by atoms with Gasteiger partial charge in [0.2, 0.25) is 0 Å². The molecule has 16 heavy (non-hydrogen) atoms. The molecular weight excluding hydrogens is 220 g/mol. The Labute approximate surface area is 101 Å². The molecular formula is C12H14N2OS. The molecule has 0 heterocycles.